The molecule has 0 unspecified atom stereocenters. The lowest BCUT2D eigenvalue weighted by Gasteiger charge is -2.32. The standard InChI is InChI=1S/C23H25N5O2/c1-15-16(2)25-21-14-18(6-9-20(21)24-15)22(29)26-19-7-4-17(5-8-19)23(30)28-12-10-27(3)11-13-28/h4-9,14H,10-13H2,1-3H3,(H,26,29). The average molecular weight is 403 g/mol. The fourth-order valence-electron chi connectivity index (χ4n) is 3.46. The molecule has 7 heteroatoms. The Morgan fingerprint density at radius 2 is 1.43 bits per heavy atom. The third-order valence-electron chi connectivity index (χ3n) is 5.52. The molecular weight excluding hydrogens is 378 g/mol. The van der Waals surface area contributed by atoms with Crippen LogP contribution in [0.2, 0.25) is 0 Å². The Hall–Kier alpha value is -3.32. The molecule has 154 valence electrons. The molecule has 30 heavy (non-hydrogen) atoms. The van der Waals surface area contributed by atoms with Gasteiger partial charge in [0.25, 0.3) is 11.8 Å². The minimum absolute atomic E-state index is 0.0275. The summed E-state index contributed by atoms with van der Waals surface area (Å²) >= 11 is 0. The average Bonchev–Trinajstić information content (AvgIpc) is 2.75. The van der Waals surface area contributed by atoms with Crippen molar-refractivity contribution in [2.24, 2.45) is 0 Å². The van der Waals surface area contributed by atoms with Gasteiger partial charge in [-0.05, 0) is 63.4 Å². The number of hydrogen-bond acceptors (Lipinski definition) is 5. The summed E-state index contributed by atoms with van der Waals surface area (Å²) in [6.07, 6.45) is 0. The van der Waals surface area contributed by atoms with Crippen molar-refractivity contribution in [3.05, 3.63) is 65.0 Å². The molecule has 1 aliphatic rings. The number of aromatic nitrogens is 2. The first-order valence-corrected chi connectivity index (χ1v) is 10.0. The molecule has 2 heterocycles. The molecule has 0 atom stereocenters. The van der Waals surface area contributed by atoms with Gasteiger partial charge in [0.2, 0.25) is 0 Å². The zero-order valence-corrected chi connectivity index (χ0v) is 17.5. The van der Waals surface area contributed by atoms with Crippen LogP contribution in [0.5, 0.6) is 0 Å². The summed E-state index contributed by atoms with van der Waals surface area (Å²) in [7, 11) is 2.06. The van der Waals surface area contributed by atoms with Gasteiger partial charge in [0.1, 0.15) is 0 Å². The minimum Gasteiger partial charge on any atom is -0.336 e. The number of aryl methyl sites for hydroxylation is 2. The summed E-state index contributed by atoms with van der Waals surface area (Å²) in [6, 6.07) is 12.3. The van der Waals surface area contributed by atoms with E-state index in [4.69, 9.17) is 0 Å². The van der Waals surface area contributed by atoms with Gasteiger partial charge in [0, 0.05) is 43.0 Å². The number of anilines is 1. The van der Waals surface area contributed by atoms with E-state index in [2.05, 4.69) is 27.2 Å². The second-order valence-corrected chi connectivity index (χ2v) is 7.72. The first-order valence-electron chi connectivity index (χ1n) is 10.0. The molecule has 2 amide bonds. The van der Waals surface area contributed by atoms with Crippen LogP contribution in [0.4, 0.5) is 5.69 Å². The molecule has 1 N–H and O–H groups in total. The van der Waals surface area contributed by atoms with Gasteiger partial charge in [-0.25, -0.2) is 9.97 Å². The van der Waals surface area contributed by atoms with Gasteiger partial charge >= 0.3 is 0 Å². The van der Waals surface area contributed by atoms with Crippen LogP contribution in [-0.2, 0) is 0 Å². The number of nitrogens with one attached hydrogen (secondary N) is 1. The predicted octanol–water partition coefficient (Wildman–Crippen LogP) is 2.89. The summed E-state index contributed by atoms with van der Waals surface area (Å²) in [4.78, 5) is 38.4. The molecular formula is C23H25N5O2. The third kappa shape index (κ3) is 4.16. The number of amides is 2. The fourth-order valence-corrected chi connectivity index (χ4v) is 3.46. The Morgan fingerprint density at radius 3 is 2.10 bits per heavy atom. The van der Waals surface area contributed by atoms with Crippen LogP contribution >= 0.6 is 0 Å². The lowest BCUT2D eigenvalue weighted by molar-refractivity contribution is 0.0664. The third-order valence-corrected chi connectivity index (χ3v) is 5.52. The van der Waals surface area contributed by atoms with Crippen molar-refractivity contribution in [1.82, 2.24) is 19.8 Å². The van der Waals surface area contributed by atoms with Crippen LogP contribution in [0.1, 0.15) is 32.1 Å². The van der Waals surface area contributed by atoms with Crippen molar-refractivity contribution in [2.45, 2.75) is 13.8 Å². The maximum absolute atomic E-state index is 12.7. The molecule has 3 aromatic rings. The predicted molar refractivity (Wildman–Crippen MR) is 117 cm³/mol. The van der Waals surface area contributed by atoms with Gasteiger partial charge in [-0.3, -0.25) is 9.59 Å². The lowest BCUT2D eigenvalue weighted by atomic mass is 10.1. The van der Waals surface area contributed by atoms with Crippen molar-refractivity contribution in [3.63, 3.8) is 0 Å². The topological polar surface area (TPSA) is 78.4 Å². The largest absolute Gasteiger partial charge is 0.336 e. The Kier molecular flexibility index (Phi) is 5.46. The summed E-state index contributed by atoms with van der Waals surface area (Å²) < 4.78 is 0. The van der Waals surface area contributed by atoms with Gasteiger partial charge < -0.3 is 15.1 Å². The number of carbonyl (C=O) groups excluding carboxylic acids is 2. The zero-order chi connectivity index (χ0) is 21.3. The molecule has 0 saturated carbocycles. The number of hydrogen-bond donors (Lipinski definition) is 1. The van der Waals surface area contributed by atoms with Gasteiger partial charge in [-0.1, -0.05) is 0 Å². The van der Waals surface area contributed by atoms with E-state index in [0.717, 1.165) is 43.1 Å². The second-order valence-electron chi connectivity index (χ2n) is 7.72. The highest BCUT2D eigenvalue weighted by Gasteiger charge is 2.20. The molecule has 1 aliphatic heterocycles. The van der Waals surface area contributed by atoms with E-state index in [1.165, 1.54) is 0 Å². The van der Waals surface area contributed by atoms with E-state index >= 15 is 0 Å². The Labute approximate surface area is 175 Å². The Morgan fingerprint density at radius 1 is 0.833 bits per heavy atom. The SMILES string of the molecule is Cc1nc2ccc(C(=O)Nc3ccc(C(=O)N4CCN(C)CC4)cc3)cc2nc1C. The van der Waals surface area contributed by atoms with E-state index in [0.29, 0.717) is 22.3 Å². The lowest BCUT2D eigenvalue weighted by Crippen LogP contribution is -2.47. The van der Waals surface area contributed by atoms with Crippen molar-refractivity contribution in [3.8, 4) is 0 Å². The molecule has 1 aromatic heterocycles. The number of nitrogens with zero attached hydrogens (tertiary/aromatic N) is 4. The summed E-state index contributed by atoms with van der Waals surface area (Å²) in [5.74, 6) is -0.199. The van der Waals surface area contributed by atoms with Crippen LogP contribution in [0, 0.1) is 13.8 Å². The number of carbonyl (C=O) groups is 2. The van der Waals surface area contributed by atoms with E-state index in [1.807, 2.05) is 24.8 Å². The van der Waals surface area contributed by atoms with Crippen LogP contribution in [-0.4, -0.2) is 64.8 Å². The Bertz CT molecular complexity index is 1100. The van der Waals surface area contributed by atoms with Crippen LogP contribution in [0.25, 0.3) is 11.0 Å². The van der Waals surface area contributed by atoms with E-state index in [9.17, 15) is 9.59 Å². The smallest absolute Gasteiger partial charge is 0.255 e. The highest BCUT2D eigenvalue weighted by molar-refractivity contribution is 6.06. The highest BCUT2D eigenvalue weighted by Crippen LogP contribution is 2.17. The normalized spacial score (nSPS) is 14.7. The molecule has 0 bridgehead atoms. The number of rotatable bonds is 3. The summed E-state index contributed by atoms with van der Waals surface area (Å²) in [6.45, 7) is 7.06. The van der Waals surface area contributed by atoms with Gasteiger partial charge in [-0.15, -0.1) is 0 Å². The van der Waals surface area contributed by atoms with E-state index in [1.54, 1.807) is 36.4 Å². The Balaban J connectivity index is 1.45. The molecule has 4 rings (SSSR count). The van der Waals surface area contributed by atoms with E-state index in [-0.39, 0.29) is 11.8 Å². The quantitative estimate of drug-likeness (QED) is 0.728. The van der Waals surface area contributed by atoms with Crippen molar-refractivity contribution >= 4 is 28.5 Å². The highest BCUT2D eigenvalue weighted by atomic mass is 16.2. The fraction of sp³-hybridized carbons (Fsp3) is 0.304. The maximum Gasteiger partial charge on any atom is 0.255 e. The molecule has 0 aliphatic carbocycles. The van der Waals surface area contributed by atoms with E-state index < -0.39 is 0 Å². The van der Waals surface area contributed by atoms with Crippen molar-refractivity contribution in [1.29, 1.82) is 0 Å². The first-order chi connectivity index (χ1) is 14.4. The first kappa shape index (κ1) is 20.0. The van der Waals surface area contributed by atoms with Gasteiger partial charge in [0.15, 0.2) is 0 Å². The number of benzene rings is 2. The number of likely N-dealkylation sites (N-methyl/N-ethyl adjacent to an activating group) is 1. The second kappa shape index (κ2) is 8.20. The molecule has 2 aromatic carbocycles. The zero-order valence-electron chi connectivity index (χ0n) is 17.5. The monoisotopic (exact) mass is 403 g/mol. The number of piperazine rings is 1. The molecule has 0 spiro atoms. The van der Waals surface area contributed by atoms with Crippen LogP contribution in [0.3, 0.4) is 0 Å². The molecule has 7 nitrogen and oxygen atoms in total. The summed E-state index contributed by atoms with van der Waals surface area (Å²) in [5, 5.41) is 2.88. The minimum atomic E-state index is -0.227. The van der Waals surface area contributed by atoms with Gasteiger partial charge in [0.05, 0.1) is 22.4 Å². The molecule has 1 fully saturated rings. The molecule has 0 radical (unpaired) electrons. The van der Waals surface area contributed by atoms with Crippen molar-refractivity contribution in [2.75, 3.05) is 38.5 Å². The van der Waals surface area contributed by atoms with Crippen LogP contribution in [0.15, 0.2) is 42.5 Å². The van der Waals surface area contributed by atoms with Crippen LogP contribution < -0.4 is 5.32 Å². The summed E-state index contributed by atoms with van der Waals surface area (Å²) in [5.41, 5.74) is 4.97. The molecule has 1 saturated heterocycles. The van der Waals surface area contributed by atoms with Gasteiger partial charge in [-0.2, -0.15) is 0 Å². The maximum atomic E-state index is 12.7. The van der Waals surface area contributed by atoms with Crippen molar-refractivity contribution < 1.29 is 9.59 Å². The number of fused-ring (bicyclic) bond motifs is 1.